The lowest BCUT2D eigenvalue weighted by molar-refractivity contribution is -0.137. The average Bonchev–Trinajstić information content (AvgIpc) is 3.36. The maximum atomic E-state index is 12.9. The first-order valence-corrected chi connectivity index (χ1v) is 8.61. The third-order valence-corrected chi connectivity index (χ3v) is 4.76. The van der Waals surface area contributed by atoms with Gasteiger partial charge in [-0.15, -0.1) is 11.3 Å². The zero-order valence-corrected chi connectivity index (χ0v) is 14.0. The first-order valence-electron chi connectivity index (χ1n) is 7.73. The summed E-state index contributed by atoms with van der Waals surface area (Å²) in [6.45, 7) is 0.111. The minimum absolute atomic E-state index is 0.111. The summed E-state index contributed by atoms with van der Waals surface area (Å²) in [5.41, 5.74) is 1.45. The van der Waals surface area contributed by atoms with Crippen molar-refractivity contribution in [3.63, 3.8) is 0 Å². The van der Waals surface area contributed by atoms with E-state index in [0.29, 0.717) is 17.0 Å². The Morgan fingerprint density at radius 2 is 1.80 bits per heavy atom. The Morgan fingerprint density at radius 1 is 0.960 bits per heavy atom. The number of hydrogen-bond acceptors (Lipinski definition) is 5. The van der Waals surface area contributed by atoms with Crippen LogP contribution in [0.1, 0.15) is 10.6 Å². The molecule has 0 bridgehead atoms. The zero-order chi connectivity index (χ0) is 17.2. The molecule has 1 aromatic carbocycles. The molecule has 0 spiro atoms. The summed E-state index contributed by atoms with van der Waals surface area (Å²) in [4.78, 5) is 27.8. The van der Waals surface area contributed by atoms with E-state index in [2.05, 4.69) is 5.32 Å². The molecule has 1 aliphatic rings. The Morgan fingerprint density at radius 3 is 2.48 bits per heavy atom. The van der Waals surface area contributed by atoms with E-state index in [1.807, 2.05) is 47.8 Å². The fraction of sp³-hybridized carbons (Fsp3) is 0.0526. The number of nitrogens with zero attached hydrogens (tertiary/aromatic N) is 1. The fourth-order valence-electron chi connectivity index (χ4n) is 2.71. The predicted molar refractivity (Wildman–Crippen MR) is 95.6 cm³/mol. The predicted octanol–water partition coefficient (Wildman–Crippen LogP) is 3.73. The van der Waals surface area contributed by atoms with Crippen LogP contribution in [0.3, 0.4) is 0 Å². The molecule has 0 radical (unpaired) electrons. The Hall–Kier alpha value is -3.12. The maximum Gasteiger partial charge on any atom is 0.278 e. The third-order valence-electron chi connectivity index (χ3n) is 3.87. The number of benzene rings is 1. The van der Waals surface area contributed by atoms with Gasteiger partial charge in [0.1, 0.15) is 11.5 Å². The van der Waals surface area contributed by atoms with Gasteiger partial charge in [-0.05, 0) is 35.7 Å². The van der Waals surface area contributed by atoms with Crippen LogP contribution in [0.2, 0.25) is 0 Å². The first-order chi connectivity index (χ1) is 12.2. The van der Waals surface area contributed by atoms with Gasteiger partial charge in [-0.2, -0.15) is 0 Å². The number of amides is 2. The van der Waals surface area contributed by atoms with Crippen LogP contribution in [0.15, 0.2) is 76.4 Å². The van der Waals surface area contributed by atoms with E-state index in [-0.39, 0.29) is 18.4 Å². The van der Waals surface area contributed by atoms with Crippen LogP contribution in [-0.4, -0.2) is 16.7 Å². The average molecular weight is 350 g/mol. The molecule has 3 aromatic rings. The van der Waals surface area contributed by atoms with E-state index in [9.17, 15) is 9.59 Å². The maximum absolute atomic E-state index is 12.9. The first kappa shape index (κ1) is 15.4. The van der Waals surface area contributed by atoms with Gasteiger partial charge in [-0.3, -0.25) is 14.5 Å². The highest BCUT2D eigenvalue weighted by molar-refractivity contribution is 7.11. The lowest BCUT2D eigenvalue weighted by Crippen LogP contribution is -2.31. The summed E-state index contributed by atoms with van der Waals surface area (Å²) in [5.74, 6) is -0.107. The highest BCUT2D eigenvalue weighted by atomic mass is 32.1. The normalized spacial score (nSPS) is 14.5. The van der Waals surface area contributed by atoms with Crippen LogP contribution in [-0.2, 0) is 16.1 Å². The van der Waals surface area contributed by atoms with Crippen molar-refractivity contribution in [1.82, 2.24) is 4.90 Å². The number of nitrogens with one attached hydrogen (secondary N) is 1. The van der Waals surface area contributed by atoms with E-state index in [0.717, 1.165) is 10.6 Å². The largest absolute Gasteiger partial charge is 0.467 e. The lowest BCUT2D eigenvalue weighted by atomic mass is 10.2. The van der Waals surface area contributed by atoms with Crippen LogP contribution in [0, 0.1) is 0 Å². The molecular weight excluding hydrogens is 336 g/mol. The van der Waals surface area contributed by atoms with Crippen LogP contribution >= 0.6 is 11.3 Å². The van der Waals surface area contributed by atoms with Gasteiger partial charge in [0.2, 0.25) is 0 Å². The van der Waals surface area contributed by atoms with E-state index in [4.69, 9.17) is 4.42 Å². The van der Waals surface area contributed by atoms with E-state index < -0.39 is 0 Å². The SMILES string of the molecule is O=C1C(Nc2ccccc2)=C(c2cccs2)C(=O)N1Cc1ccco1. The molecule has 6 heteroatoms. The Kier molecular flexibility index (Phi) is 3.95. The van der Waals surface area contributed by atoms with Crippen LogP contribution in [0.5, 0.6) is 0 Å². The van der Waals surface area contributed by atoms with Crippen molar-refractivity contribution in [3.05, 3.63) is 82.6 Å². The molecule has 0 atom stereocenters. The number of carbonyl (C=O) groups is 2. The van der Waals surface area contributed by atoms with Gasteiger partial charge in [0.25, 0.3) is 11.8 Å². The molecule has 4 rings (SSSR count). The molecule has 1 N–H and O–H groups in total. The van der Waals surface area contributed by atoms with Gasteiger partial charge in [0.15, 0.2) is 0 Å². The molecule has 0 unspecified atom stereocenters. The standard InChI is InChI=1S/C19H14N2O3S/c22-18-16(15-9-5-11-25-15)17(20-13-6-2-1-3-7-13)19(23)21(18)12-14-8-4-10-24-14/h1-11,20H,12H2. The van der Waals surface area contributed by atoms with Crippen molar-refractivity contribution in [2.75, 3.05) is 5.32 Å². The van der Waals surface area contributed by atoms with Gasteiger partial charge >= 0.3 is 0 Å². The molecule has 0 aliphatic carbocycles. The molecule has 25 heavy (non-hydrogen) atoms. The minimum atomic E-state index is -0.353. The second kappa shape index (κ2) is 6.41. The Bertz CT molecular complexity index is 928. The van der Waals surface area contributed by atoms with Crippen molar-refractivity contribution in [2.24, 2.45) is 0 Å². The summed E-state index contributed by atoms with van der Waals surface area (Å²) in [5, 5.41) is 5.00. The van der Waals surface area contributed by atoms with E-state index in [1.54, 1.807) is 12.1 Å². The number of thiophene rings is 1. The summed E-state index contributed by atoms with van der Waals surface area (Å²) >= 11 is 1.43. The molecule has 5 nitrogen and oxygen atoms in total. The van der Waals surface area contributed by atoms with Gasteiger partial charge in [-0.1, -0.05) is 24.3 Å². The molecule has 0 saturated carbocycles. The minimum Gasteiger partial charge on any atom is -0.467 e. The van der Waals surface area contributed by atoms with Gasteiger partial charge in [-0.25, -0.2) is 0 Å². The van der Waals surface area contributed by atoms with Gasteiger partial charge in [0, 0.05) is 10.6 Å². The molecular formula is C19H14N2O3S. The van der Waals surface area contributed by atoms with Crippen molar-refractivity contribution in [3.8, 4) is 0 Å². The van der Waals surface area contributed by atoms with Crippen molar-refractivity contribution >= 4 is 34.4 Å². The highest BCUT2D eigenvalue weighted by Crippen LogP contribution is 2.33. The summed E-state index contributed by atoms with van der Waals surface area (Å²) in [7, 11) is 0. The topological polar surface area (TPSA) is 62.6 Å². The van der Waals surface area contributed by atoms with Crippen LogP contribution in [0.25, 0.3) is 5.57 Å². The number of rotatable bonds is 5. The second-order valence-corrected chi connectivity index (χ2v) is 6.44. The highest BCUT2D eigenvalue weighted by Gasteiger charge is 2.40. The van der Waals surface area contributed by atoms with Crippen molar-refractivity contribution in [1.29, 1.82) is 0 Å². The number of anilines is 1. The molecule has 2 aromatic heterocycles. The van der Waals surface area contributed by atoms with Crippen LogP contribution in [0.4, 0.5) is 5.69 Å². The molecule has 3 heterocycles. The zero-order valence-electron chi connectivity index (χ0n) is 13.1. The summed E-state index contributed by atoms with van der Waals surface area (Å²) in [6, 6.07) is 16.5. The monoisotopic (exact) mass is 350 g/mol. The molecule has 0 saturated heterocycles. The molecule has 2 amide bonds. The summed E-state index contributed by atoms with van der Waals surface area (Å²) in [6.07, 6.45) is 1.52. The number of furan rings is 1. The van der Waals surface area contributed by atoms with Crippen molar-refractivity contribution in [2.45, 2.75) is 6.54 Å². The second-order valence-electron chi connectivity index (χ2n) is 5.49. The van der Waals surface area contributed by atoms with Gasteiger partial charge in [0.05, 0.1) is 18.4 Å². The molecule has 124 valence electrons. The number of hydrogen-bond donors (Lipinski definition) is 1. The number of imide groups is 1. The number of para-hydroxylation sites is 1. The Labute approximate surface area is 148 Å². The fourth-order valence-corrected chi connectivity index (χ4v) is 3.48. The summed E-state index contributed by atoms with van der Waals surface area (Å²) < 4.78 is 5.29. The number of carbonyl (C=O) groups excluding carboxylic acids is 2. The smallest absolute Gasteiger partial charge is 0.278 e. The Balaban J connectivity index is 1.72. The van der Waals surface area contributed by atoms with Gasteiger partial charge < -0.3 is 9.73 Å². The van der Waals surface area contributed by atoms with E-state index in [1.165, 1.54) is 22.5 Å². The van der Waals surface area contributed by atoms with Crippen LogP contribution < -0.4 is 5.32 Å². The lowest BCUT2D eigenvalue weighted by Gasteiger charge is -2.13. The molecule has 0 fully saturated rings. The molecule has 1 aliphatic heterocycles. The third kappa shape index (κ3) is 2.88. The van der Waals surface area contributed by atoms with Crippen molar-refractivity contribution < 1.29 is 14.0 Å². The quantitative estimate of drug-likeness (QED) is 0.712. The van der Waals surface area contributed by atoms with E-state index >= 15 is 0 Å².